The average Bonchev–Trinajstić information content (AvgIpc) is 3.32. The van der Waals surface area contributed by atoms with Crippen LogP contribution >= 0.6 is 11.6 Å². The van der Waals surface area contributed by atoms with E-state index in [-0.39, 0.29) is 23.6 Å². The number of nitrogens with one attached hydrogen (secondary N) is 1. The van der Waals surface area contributed by atoms with Crippen molar-refractivity contribution in [3.05, 3.63) is 83.3 Å². The number of imidazole rings is 1. The Morgan fingerprint density at radius 3 is 2.72 bits per heavy atom. The van der Waals surface area contributed by atoms with Crippen LogP contribution in [0.15, 0.2) is 61.1 Å². The van der Waals surface area contributed by atoms with E-state index in [0.29, 0.717) is 24.5 Å². The number of hydrogen-bond donors (Lipinski definition) is 1. The van der Waals surface area contributed by atoms with Crippen molar-refractivity contribution in [2.45, 2.75) is 12.5 Å². The zero-order valence-corrected chi connectivity index (χ0v) is 16.8. The molecule has 0 aliphatic carbocycles. The van der Waals surface area contributed by atoms with Crippen molar-refractivity contribution in [1.29, 1.82) is 0 Å². The summed E-state index contributed by atoms with van der Waals surface area (Å²) in [7, 11) is 1.70. The van der Waals surface area contributed by atoms with E-state index >= 15 is 0 Å². The molecule has 4 rings (SSSR count). The van der Waals surface area contributed by atoms with E-state index in [1.165, 1.54) is 11.2 Å². The molecule has 7 heteroatoms. The lowest BCUT2D eigenvalue weighted by Gasteiger charge is -2.35. The van der Waals surface area contributed by atoms with E-state index in [1.54, 1.807) is 18.1 Å². The number of carbonyl (C=O) groups is 2. The summed E-state index contributed by atoms with van der Waals surface area (Å²) in [5.74, 6) is 0.354. The molecule has 2 amide bonds. The highest BCUT2D eigenvalue weighted by atomic mass is 35.5. The molecule has 1 aromatic heterocycles. The average molecular weight is 409 g/mol. The van der Waals surface area contributed by atoms with Crippen LogP contribution in [0.5, 0.6) is 0 Å². The number of amides is 2. The molecule has 3 aromatic rings. The molecular weight excluding hydrogens is 388 g/mol. The van der Waals surface area contributed by atoms with Gasteiger partial charge in [-0.2, -0.15) is 0 Å². The van der Waals surface area contributed by atoms with Gasteiger partial charge in [-0.25, -0.2) is 4.98 Å². The summed E-state index contributed by atoms with van der Waals surface area (Å²) in [4.78, 5) is 35.5. The number of H-pyrrole nitrogens is 1. The number of halogens is 1. The maximum atomic E-state index is 12.9. The topological polar surface area (TPSA) is 69.3 Å². The van der Waals surface area contributed by atoms with Crippen molar-refractivity contribution in [3.63, 3.8) is 0 Å². The molecule has 1 unspecified atom stereocenters. The first kappa shape index (κ1) is 19.2. The lowest BCUT2D eigenvalue weighted by atomic mass is 9.84. The molecule has 6 nitrogen and oxygen atoms in total. The number of rotatable bonds is 4. The highest BCUT2D eigenvalue weighted by Gasteiger charge is 2.29. The fraction of sp³-hybridized carbons (Fsp3) is 0.227. The predicted octanol–water partition coefficient (Wildman–Crippen LogP) is 3.40. The third kappa shape index (κ3) is 3.76. The zero-order valence-electron chi connectivity index (χ0n) is 16.0. The second-order valence-corrected chi connectivity index (χ2v) is 7.35. The molecular formula is C22H21ClN4O2. The fourth-order valence-electron chi connectivity index (χ4n) is 3.78. The van der Waals surface area contributed by atoms with E-state index in [1.807, 2.05) is 36.4 Å². The molecule has 0 fully saturated rings. The van der Waals surface area contributed by atoms with E-state index in [2.05, 4.69) is 22.1 Å². The smallest absolute Gasteiger partial charge is 0.259 e. The molecule has 1 N–H and O–H groups in total. The van der Waals surface area contributed by atoms with Gasteiger partial charge in [-0.3, -0.25) is 14.5 Å². The number of hydrogen-bond acceptors (Lipinski definition) is 3. The quantitative estimate of drug-likeness (QED) is 0.672. The molecule has 1 aliphatic heterocycles. The first-order valence-corrected chi connectivity index (χ1v) is 9.90. The molecule has 0 radical (unpaired) electrons. The minimum absolute atomic E-state index is 0.0432. The van der Waals surface area contributed by atoms with Gasteiger partial charge in [0.15, 0.2) is 0 Å². The Morgan fingerprint density at radius 2 is 2.03 bits per heavy atom. The molecule has 1 aliphatic rings. The summed E-state index contributed by atoms with van der Waals surface area (Å²) >= 11 is 5.83. The van der Waals surface area contributed by atoms with Gasteiger partial charge in [-0.15, -0.1) is 11.6 Å². The lowest BCUT2D eigenvalue weighted by Crippen LogP contribution is -2.39. The second-order valence-electron chi connectivity index (χ2n) is 7.09. The van der Waals surface area contributed by atoms with Crippen LogP contribution in [-0.2, 0) is 11.3 Å². The van der Waals surface area contributed by atoms with Gasteiger partial charge in [0.1, 0.15) is 11.7 Å². The standard InChI is InChI=1S/C22H21ClN4O2/c1-26(20-11-24-14-25-20)22(29)16-7-8-18-17(9-16)12-27(21(28)10-23)13-19(18)15-5-3-2-4-6-15/h2-9,11,14,19H,10,12-13H2,1H3,(H,24,25). The van der Waals surface area contributed by atoms with E-state index in [9.17, 15) is 9.59 Å². The summed E-state index contributed by atoms with van der Waals surface area (Å²) in [6.07, 6.45) is 3.13. The van der Waals surface area contributed by atoms with Crippen molar-refractivity contribution >= 4 is 29.2 Å². The molecule has 148 valence electrons. The van der Waals surface area contributed by atoms with Gasteiger partial charge in [0, 0.05) is 31.6 Å². The van der Waals surface area contributed by atoms with Gasteiger partial charge < -0.3 is 9.88 Å². The molecule has 0 saturated carbocycles. The van der Waals surface area contributed by atoms with Crippen LogP contribution < -0.4 is 4.90 Å². The number of nitrogens with zero attached hydrogens (tertiary/aromatic N) is 3. The van der Waals surface area contributed by atoms with Crippen LogP contribution in [0.1, 0.15) is 33.0 Å². The van der Waals surface area contributed by atoms with E-state index in [0.717, 1.165) is 16.7 Å². The maximum Gasteiger partial charge on any atom is 0.259 e. The SMILES string of the molecule is CN(C(=O)c1ccc2c(c1)CN(C(=O)CCl)CC2c1ccccc1)c1cnc[nH]1. The normalized spacial score (nSPS) is 15.7. The van der Waals surface area contributed by atoms with Gasteiger partial charge in [-0.1, -0.05) is 36.4 Å². The van der Waals surface area contributed by atoms with Crippen LogP contribution in [0, 0.1) is 0 Å². The van der Waals surface area contributed by atoms with Gasteiger partial charge >= 0.3 is 0 Å². The highest BCUT2D eigenvalue weighted by molar-refractivity contribution is 6.27. The summed E-state index contributed by atoms with van der Waals surface area (Å²) in [6.45, 7) is 1.02. The Kier molecular flexibility index (Phi) is 5.36. The fourth-order valence-corrected chi connectivity index (χ4v) is 3.95. The zero-order chi connectivity index (χ0) is 20.4. The van der Waals surface area contributed by atoms with Crippen molar-refractivity contribution in [1.82, 2.24) is 14.9 Å². The first-order chi connectivity index (χ1) is 14.1. The minimum atomic E-state index is -0.144. The number of fused-ring (bicyclic) bond motifs is 1. The summed E-state index contributed by atoms with van der Waals surface area (Å²) in [6, 6.07) is 15.8. The first-order valence-electron chi connectivity index (χ1n) is 9.36. The molecule has 29 heavy (non-hydrogen) atoms. The van der Waals surface area contributed by atoms with Crippen LogP contribution in [0.3, 0.4) is 0 Å². The number of anilines is 1. The third-order valence-electron chi connectivity index (χ3n) is 5.35. The monoisotopic (exact) mass is 408 g/mol. The van der Waals surface area contributed by atoms with Crippen molar-refractivity contribution in [2.75, 3.05) is 24.4 Å². The third-order valence-corrected chi connectivity index (χ3v) is 5.58. The van der Waals surface area contributed by atoms with Gasteiger partial charge in [-0.05, 0) is 28.8 Å². The Bertz CT molecular complexity index is 1020. The van der Waals surface area contributed by atoms with E-state index in [4.69, 9.17) is 11.6 Å². The van der Waals surface area contributed by atoms with Crippen molar-refractivity contribution in [2.24, 2.45) is 0 Å². The van der Waals surface area contributed by atoms with Gasteiger partial charge in [0.25, 0.3) is 5.91 Å². The van der Waals surface area contributed by atoms with E-state index < -0.39 is 0 Å². The molecule has 0 spiro atoms. The Morgan fingerprint density at radius 1 is 1.24 bits per heavy atom. The molecule has 1 atom stereocenters. The van der Waals surface area contributed by atoms with Crippen molar-refractivity contribution < 1.29 is 9.59 Å². The van der Waals surface area contributed by atoms with Crippen LogP contribution in [0.2, 0.25) is 0 Å². The highest BCUT2D eigenvalue weighted by Crippen LogP contribution is 2.34. The van der Waals surface area contributed by atoms with Gasteiger partial charge in [0.05, 0.1) is 12.5 Å². The number of alkyl halides is 1. The molecule has 2 heterocycles. The largest absolute Gasteiger partial charge is 0.336 e. The molecule has 0 bridgehead atoms. The lowest BCUT2D eigenvalue weighted by molar-refractivity contribution is -0.129. The predicted molar refractivity (Wildman–Crippen MR) is 112 cm³/mol. The van der Waals surface area contributed by atoms with Gasteiger partial charge in [0.2, 0.25) is 5.91 Å². The summed E-state index contributed by atoms with van der Waals surface area (Å²) in [5.41, 5.74) is 3.80. The maximum absolute atomic E-state index is 12.9. The summed E-state index contributed by atoms with van der Waals surface area (Å²) < 4.78 is 0. The molecule has 0 saturated heterocycles. The van der Waals surface area contributed by atoms with Crippen LogP contribution in [0.4, 0.5) is 5.82 Å². The van der Waals surface area contributed by atoms with Crippen LogP contribution in [0.25, 0.3) is 0 Å². The Balaban J connectivity index is 1.71. The van der Waals surface area contributed by atoms with Crippen molar-refractivity contribution in [3.8, 4) is 0 Å². The summed E-state index contributed by atoms with van der Waals surface area (Å²) in [5, 5.41) is 0. The van der Waals surface area contributed by atoms with Crippen LogP contribution in [-0.4, -0.2) is 46.2 Å². The Hall–Kier alpha value is -3.12. The molecule has 2 aromatic carbocycles. The number of benzene rings is 2. The number of aromatic nitrogens is 2. The second kappa shape index (κ2) is 8.09. The number of aromatic amines is 1. The minimum Gasteiger partial charge on any atom is -0.336 e. The number of carbonyl (C=O) groups excluding carboxylic acids is 2. The Labute approximate surface area is 174 Å².